The fourth-order valence-electron chi connectivity index (χ4n) is 3.75. The molecule has 1 N–H and O–H groups in total. The van der Waals surface area contributed by atoms with Crippen LogP contribution in [0.1, 0.15) is 50.3 Å². The van der Waals surface area contributed by atoms with Crippen LogP contribution in [0.2, 0.25) is 0 Å². The standard InChI is InChI=1S/C21H25NO3/c1-14(15-8-9-19-20(10-15)24-13-23-19)22-12-16-11-21(2,3)25-18-7-5-4-6-17(16)18/h4-10,14,16,22H,11-13H2,1-3H3/t14?,16-/m0/s1. The maximum absolute atomic E-state index is 6.13. The maximum atomic E-state index is 6.13. The number of nitrogens with one attached hydrogen (secondary N) is 1. The van der Waals surface area contributed by atoms with E-state index in [1.54, 1.807) is 0 Å². The van der Waals surface area contributed by atoms with Gasteiger partial charge in [0.05, 0.1) is 0 Å². The van der Waals surface area contributed by atoms with Gasteiger partial charge < -0.3 is 19.5 Å². The van der Waals surface area contributed by atoms with Gasteiger partial charge in [-0.15, -0.1) is 0 Å². The first-order valence-electron chi connectivity index (χ1n) is 8.93. The first-order valence-corrected chi connectivity index (χ1v) is 8.93. The molecule has 0 fully saturated rings. The van der Waals surface area contributed by atoms with Gasteiger partial charge in [0.15, 0.2) is 11.5 Å². The van der Waals surface area contributed by atoms with Crippen LogP contribution in [0.3, 0.4) is 0 Å². The second-order valence-electron chi connectivity index (χ2n) is 7.54. The Morgan fingerprint density at radius 2 is 1.88 bits per heavy atom. The highest BCUT2D eigenvalue weighted by Gasteiger charge is 2.33. The molecule has 4 rings (SSSR count). The number of hydrogen-bond acceptors (Lipinski definition) is 4. The van der Waals surface area contributed by atoms with E-state index in [1.165, 1.54) is 11.1 Å². The number of rotatable bonds is 4. The van der Waals surface area contributed by atoms with Crippen LogP contribution in [0, 0.1) is 0 Å². The Bertz CT molecular complexity index is 771. The maximum Gasteiger partial charge on any atom is 0.231 e. The minimum absolute atomic E-state index is 0.136. The molecule has 0 amide bonds. The average molecular weight is 339 g/mol. The fraction of sp³-hybridized carbons (Fsp3) is 0.429. The molecule has 4 nitrogen and oxygen atoms in total. The van der Waals surface area contributed by atoms with E-state index in [-0.39, 0.29) is 11.6 Å². The Labute approximate surface area is 149 Å². The molecule has 1 unspecified atom stereocenters. The van der Waals surface area contributed by atoms with Crippen molar-refractivity contribution in [1.82, 2.24) is 5.32 Å². The van der Waals surface area contributed by atoms with Gasteiger partial charge in [0.2, 0.25) is 6.79 Å². The molecule has 0 spiro atoms. The molecule has 0 saturated heterocycles. The predicted octanol–water partition coefficient (Wildman–Crippen LogP) is 4.41. The van der Waals surface area contributed by atoms with Crippen molar-refractivity contribution in [3.63, 3.8) is 0 Å². The monoisotopic (exact) mass is 339 g/mol. The second-order valence-corrected chi connectivity index (χ2v) is 7.54. The van der Waals surface area contributed by atoms with E-state index in [9.17, 15) is 0 Å². The van der Waals surface area contributed by atoms with Crippen LogP contribution < -0.4 is 19.5 Å². The normalized spacial score (nSPS) is 21.3. The fourth-order valence-corrected chi connectivity index (χ4v) is 3.75. The predicted molar refractivity (Wildman–Crippen MR) is 97.5 cm³/mol. The van der Waals surface area contributed by atoms with Crippen LogP contribution in [0.4, 0.5) is 0 Å². The molecule has 132 valence electrons. The van der Waals surface area contributed by atoms with Crippen molar-refractivity contribution < 1.29 is 14.2 Å². The smallest absolute Gasteiger partial charge is 0.231 e. The Morgan fingerprint density at radius 1 is 1.08 bits per heavy atom. The van der Waals surface area contributed by atoms with E-state index in [1.807, 2.05) is 12.1 Å². The molecule has 0 bridgehead atoms. The van der Waals surface area contributed by atoms with Crippen molar-refractivity contribution in [3.8, 4) is 17.2 Å². The molecule has 2 aliphatic rings. The van der Waals surface area contributed by atoms with Crippen LogP contribution in [0.15, 0.2) is 42.5 Å². The molecule has 4 heteroatoms. The molecule has 25 heavy (non-hydrogen) atoms. The molecular weight excluding hydrogens is 314 g/mol. The van der Waals surface area contributed by atoms with Gasteiger partial charge in [0, 0.05) is 18.5 Å². The number of para-hydroxylation sites is 1. The summed E-state index contributed by atoms with van der Waals surface area (Å²) >= 11 is 0. The van der Waals surface area contributed by atoms with Crippen molar-refractivity contribution >= 4 is 0 Å². The van der Waals surface area contributed by atoms with Crippen LogP contribution in [0.25, 0.3) is 0 Å². The molecule has 0 aromatic heterocycles. The quantitative estimate of drug-likeness (QED) is 0.895. The number of fused-ring (bicyclic) bond motifs is 2. The first-order chi connectivity index (χ1) is 12.0. The summed E-state index contributed by atoms with van der Waals surface area (Å²) in [5, 5.41) is 3.69. The molecule has 2 aliphatic heterocycles. The van der Waals surface area contributed by atoms with Crippen molar-refractivity contribution in [3.05, 3.63) is 53.6 Å². The van der Waals surface area contributed by atoms with E-state index in [0.717, 1.165) is 30.2 Å². The molecule has 2 aromatic carbocycles. The second kappa shape index (κ2) is 6.26. The number of ether oxygens (including phenoxy) is 3. The summed E-state index contributed by atoms with van der Waals surface area (Å²) in [6.07, 6.45) is 1.00. The summed E-state index contributed by atoms with van der Waals surface area (Å²) in [6.45, 7) is 7.75. The van der Waals surface area contributed by atoms with Gasteiger partial charge in [0.25, 0.3) is 0 Å². The molecule has 2 heterocycles. The van der Waals surface area contributed by atoms with Crippen molar-refractivity contribution in [2.24, 2.45) is 0 Å². The number of hydrogen-bond donors (Lipinski definition) is 1. The highest BCUT2D eigenvalue weighted by atomic mass is 16.7. The zero-order chi connectivity index (χ0) is 17.4. The summed E-state index contributed by atoms with van der Waals surface area (Å²) < 4.78 is 17.0. The molecule has 0 radical (unpaired) electrons. The largest absolute Gasteiger partial charge is 0.488 e. The van der Waals surface area contributed by atoms with Crippen LogP contribution in [0.5, 0.6) is 17.2 Å². The summed E-state index contributed by atoms with van der Waals surface area (Å²) in [5.41, 5.74) is 2.37. The summed E-state index contributed by atoms with van der Waals surface area (Å²) in [4.78, 5) is 0. The highest BCUT2D eigenvalue weighted by molar-refractivity contribution is 5.45. The Hall–Kier alpha value is -2.20. The van der Waals surface area contributed by atoms with Gasteiger partial charge in [-0.2, -0.15) is 0 Å². The van der Waals surface area contributed by atoms with Crippen molar-refractivity contribution in [2.45, 2.75) is 44.8 Å². The van der Waals surface area contributed by atoms with Crippen LogP contribution in [-0.2, 0) is 0 Å². The summed E-state index contributed by atoms with van der Waals surface area (Å²) in [5.74, 6) is 3.12. The van der Waals surface area contributed by atoms with Gasteiger partial charge in [-0.3, -0.25) is 0 Å². The minimum atomic E-state index is -0.136. The number of benzene rings is 2. The zero-order valence-corrected chi connectivity index (χ0v) is 15.0. The lowest BCUT2D eigenvalue weighted by Gasteiger charge is -2.38. The third-order valence-corrected chi connectivity index (χ3v) is 5.05. The van der Waals surface area contributed by atoms with Crippen LogP contribution >= 0.6 is 0 Å². The molecular formula is C21H25NO3. The lowest BCUT2D eigenvalue weighted by atomic mass is 9.84. The minimum Gasteiger partial charge on any atom is -0.488 e. The Kier molecular flexibility index (Phi) is 4.08. The molecule has 0 aliphatic carbocycles. The van der Waals surface area contributed by atoms with Gasteiger partial charge >= 0.3 is 0 Å². The lowest BCUT2D eigenvalue weighted by molar-refractivity contribution is 0.0713. The lowest BCUT2D eigenvalue weighted by Crippen LogP contribution is -2.38. The molecule has 2 aromatic rings. The Morgan fingerprint density at radius 3 is 2.76 bits per heavy atom. The SMILES string of the molecule is CC(NC[C@@H]1CC(C)(C)Oc2ccccc21)c1ccc2c(c1)OCO2. The zero-order valence-electron chi connectivity index (χ0n) is 15.0. The summed E-state index contributed by atoms with van der Waals surface area (Å²) in [7, 11) is 0. The topological polar surface area (TPSA) is 39.7 Å². The van der Waals surface area contributed by atoms with E-state index >= 15 is 0 Å². The van der Waals surface area contributed by atoms with E-state index in [4.69, 9.17) is 14.2 Å². The average Bonchev–Trinajstić information content (AvgIpc) is 3.06. The van der Waals surface area contributed by atoms with Crippen molar-refractivity contribution in [1.29, 1.82) is 0 Å². The van der Waals surface area contributed by atoms with Crippen molar-refractivity contribution in [2.75, 3.05) is 13.3 Å². The highest BCUT2D eigenvalue weighted by Crippen LogP contribution is 2.40. The van der Waals surface area contributed by atoms with E-state index in [2.05, 4.69) is 56.4 Å². The molecule has 2 atom stereocenters. The van der Waals surface area contributed by atoms with Crippen LogP contribution in [-0.4, -0.2) is 18.9 Å². The van der Waals surface area contributed by atoms with Gasteiger partial charge in [-0.05, 0) is 56.5 Å². The van der Waals surface area contributed by atoms with E-state index < -0.39 is 0 Å². The van der Waals surface area contributed by atoms with Gasteiger partial charge in [-0.25, -0.2) is 0 Å². The summed E-state index contributed by atoms with van der Waals surface area (Å²) in [6, 6.07) is 14.8. The van der Waals surface area contributed by atoms with E-state index in [0.29, 0.717) is 12.7 Å². The Balaban J connectivity index is 1.47. The van der Waals surface area contributed by atoms with Gasteiger partial charge in [0.1, 0.15) is 11.4 Å². The third-order valence-electron chi connectivity index (χ3n) is 5.05. The molecule has 0 saturated carbocycles. The first kappa shape index (κ1) is 16.3. The third kappa shape index (κ3) is 3.31. The van der Waals surface area contributed by atoms with Gasteiger partial charge in [-0.1, -0.05) is 24.3 Å².